The van der Waals surface area contributed by atoms with Crippen molar-refractivity contribution >= 4 is 21.6 Å². The van der Waals surface area contributed by atoms with Crippen molar-refractivity contribution in [1.82, 2.24) is 4.31 Å². The summed E-state index contributed by atoms with van der Waals surface area (Å²) in [4.78, 5) is 11.5. The summed E-state index contributed by atoms with van der Waals surface area (Å²) in [7, 11) is -3.64. The minimum Gasteiger partial charge on any atom is -0.379 e. The van der Waals surface area contributed by atoms with Crippen LogP contribution >= 0.6 is 0 Å². The summed E-state index contributed by atoms with van der Waals surface area (Å²) in [5.41, 5.74) is 2.13. The molecule has 1 fully saturated rings. The molecule has 1 amide bonds. The first-order valence-corrected chi connectivity index (χ1v) is 8.23. The molecule has 0 radical (unpaired) electrons. The third-order valence-corrected chi connectivity index (χ3v) is 5.43. The number of benzene rings is 1. The summed E-state index contributed by atoms with van der Waals surface area (Å²) in [6, 6.07) is 3.31. The van der Waals surface area contributed by atoms with Gasteiger partial charge in [0.25, 0.3) is 0 Å². The standard InChI is InChI=1S/C14H20N2O4S/c1-10-8-13(15-12(3)17)14(9-11(10)2)21(18,19)16-4-6-20-7-5-16/h8-9H,4-7H2,1-3H3,(H,15,17). The monoisotopic (exact) mass is 312 g/mol. The van der Waals surface area contributed by atoms with Crippen molar-refractivity contribution < 1.29 is 17.9 Å². The first-order chi connectivity index (χ1) is 9.82. The van der Waals surface area contributed by atoms with Gasteiger partial charge in [-0.05, 0) is 37.1 Å². The van der Waals surface area contributed by atoms with Gasteiger partial charge in [0.05, 0.1) is 18.9 Å². The molecule has 1 aliphatic heterocycles. The number of rotatable bonds is 3. The quantitative estimate of drug-likeness (QED) is 0.912. The van der Waals surface area contributed by atoms with Crippen molar-refractivity contribution in [3.05, 3.63) is 23.3 Å². The molecule has 1 aromatic rings. The molecule has 1 aliphatic rings. The molecule has 1 saturated heterocycles. The number of carbonyl (C=O) groups excluding carboxylic acids is 1. The lowest BCUT2D eigenvalue weighted by Gasteiger charge is -2.27. The lowest BCUT2D eigenvalue weighted by Crippen LogP contribution is -2.40. The molecule has 0 spiro atoms. The highest BCUT2D eigenvalue weighted by Gasteiger charge is 2.29. The van der Waals surface area contributed by atoms with Gasteiger partial charge in [0.2, 0.25) is 15.9 Å². The summed E-state index contributed by atoms with van der Waals surface area (Å²) in [5.74, 6) is -0.295. The van der Waals surface area contributed by atoms with Crippen LogP contribution in [0.25, 0.3) is 0 Å². The van der Waals surface area contributed by atoms with Gasteiger partial charge >= 0.3 is 0 Å². The van der Waals surface area contributed by atoms with Gasteiger partial charge in [0.15, 0.2) is 0 Å². The molecule has 21 heavy (non-hydrogen) atoms. The molecular formula is C14H20N2O4S. The summed E-state index contributed by atoms with van der Waals surface area (Å²) < 4.78 is 32.1. The van der Waals surface area contributed by atoms with Crippen LogP contribution < -0.4 is 5.32 Å². The normalized spacial score (nSPS) is 16.7. The van der Waals surface area contributed by atoms with E-state index in [1.807, 2.05) is 13.8 Å². The van der Waals surface area contributed by atoms with Crippen LogP contribution in [0.15, 0.2) is 17.0 Å². The summed E-state index contributed by atoms with van der Waals surface area (Å²) in [6.45, 7) is 6.53. The number of amides is 1. The lowest BCUT2D eigenvalue weighted by molar-refractivity contribution is -0.114. The Hall–Kier alpha value is -1.44. The molecular weight excluding hydrogens is 292 g/mol. The van der Waals surface area contributed by atoms with Gasteiger partial charge in [-0.25, -0.2) is 8.42 Å². The molecule has 1 heterocycles. The second-order valence-electron chi connectivity index (χ2n) is 5.13. The zero-order valence-electron chi connectivity index (χ0n) is 12.5. The number of nitrogens with zero attached hydrogens (tertiary/aromatic N) is 1. The van der Waals surface area contributed by atoms with Gasteiger partial charge in [0, 0.05) is 20.0 Å². The van der Waals surface area contributed by atoms with E-state index in [1.165, 1.54) is 11.2 Å². The van der Waals surface area contributed by atoms with Gasteiger partial charge in [-0.2, -0.15) is 4.31 Å². The Bertz CT molecular complexity index is 649. The topological polar surface area (TPSA) is 75.7 Å². The smallest absolute Gasteiger partial charge is 0.245 e. The molecule has 0 unspecified atom stereocenters. The number of morpholine rings is 1. The van der Waals surface area contributed by atoms with Crippen LogP contribution in [0.3, 0.4) is 0 Å². The molecule has 2 rings (SSSR count). The minimum absolute atomic E-state index is 0.141. The molecule has 7 heteroatoms. The largest absolute Gasteiger partial charge is 0.379 e. The highest BCUT2D eigenvalue weighted by molar-refractivity contribution is 7.89. The number of hydrogen-bond donors (Lipinski definition) is 1. The average Bonchev–Trinajstić information content (AvgIpc) is 2.43. The lowest BCUT2D eigenvalue weighted by atomic mass is 10.1. The van der Waals surface area contributed by atoms with E-state index in [1.54, 1.807) is 12.1 Å². The van der Waals surface area contributed by atoms with Crippen LogP contribution in [-0.4, -0.2) is 44.9 Å². The highest BCUT2D eigenvalue weighted by Crippen LogP contribution is 2.28. The van der Waals surface area contributed by atoms with E-state index in [9.17, 15) is 13.2 Å². The molecule has 1 aromatic carbocycles. The molecule has 0 atom stereocenters. The fourth-order valence-corrected chi connectivity index (χ4v) is 3.84. The molecule has 0 saturated carbocycles. The van der Waals surface area contributed by atoms with E-state index in [0.29, 0.717) is 32.0 Å². The zero-order valence-corrected chi connectivity index (χ0v) is 13.3. The Morgan fingerprint density at radius 3 is 2.33 bits per heavy atom. The van der Waals surface area contributed by atoms with E-state index in [2.05, 4.69) is 5.32 Å². The second-order valence-corrected chi connectivity index (χ2v) is 7.04. The number of carbonyl (C=O) groups is 1. The Morgan fingerprint density at radius 1 is 1.19 bits per heavy atom. The van der Waals surface area contributed by atoms with Crippen molar-refractivity contribution in [3.8, 4) is 0 Å². The van der Waals surface area contributed by atoms with Gasteiger partial charge in [-0.1, -0.05) is 0 Å². The van der Waals surface area contributed by atoms with Crippen LogP contribution in [0, 0.1) is 13.8 Å². The predicted octanol–water partition coefficient (Wildman–Crippen LogP) is 1.28. The van der Waals surface area contributed by atoms with Crippen molar-refractivity contribution in [2.24, 2.45) is 0 Å². The number of sulfonamides is 1. The Morgan fingerprint density at radius 2 is 1.76 bits per heavy atom. The van der Waals surface area contributed by atoms with Gasteiger partial charge in [-0.3, -0.25) is 4.79 Å². The van der Waals surface area contributed by atoms with Crippen molar-refractivity contribution in [3.63, 3.8) is 0 Å². The summed E-state index contributed by atoms with van der Waals surface area (Å²) in [5, 5.41) is 2.61. The van der Waals surface area contributed by atoms with Gasteiger partial charge < -0.3 is 10.1 Å². The van der Waals surface area contributed by atoms with Crippen molar-refractivity contribution in [2.75, 3.05) is 31.6 Å². The molecule has 0 aromatic heterocycles. The maximum Gasteiger partial charge on any atom is 0.245 e. The van der Waals surface area contributed by atoms with E-state index in [4.69, 9.17) is 4.74 Å². The minimum atomic E-state index is -3.64. The van der Waals surface area contributed by atoms with Crippen LogP contribution in [0.2, 0.25) is 0 Å². The number of anilines is 1. The summed E-state index contributed by atoms with van der Waals surface area (Å²) in [6.07, 6.45) is 0. The maximum absolute atomic E-state index is 12.8. The predicted molar refractivity (Wildman–Crippen MR) is 79.8 cm³/mol. The van der Waals surface area contributed by atoms with Crippen LogP contribution in [0.1, 0.15) is 18.1 Å². The average molecular weight is 312 g/mol. The highest BCUT2D eigenvalue weighted by atomic mass is 32.2. The Balaban J connectivity index is 2.49. The van der Waals surface area contributed by atoms with E-state index >= 15 is 0 Å². The van der Waals surface area contributed by atoms with Gasteiger partial charge in [-0.15, -0.1) is 0 Å². The fraction of sp³-hybridized carbons (Fsp3) is 0.500. The van der Waals surface area contributed by atoms with Crippen LogP contribution in [-0.2, 0) is 19.6 Å². The number of ether oxygens (including phenoxy) is 1. The number of nitrogens with one attached hydrogen (secondary N) is 1. The molecule has 0 aliphatic carbocycles. The molecule has 6 nitrogen and oxygen atoms in total. The first kappa shape index (κ1) is 15.9. The van der Waals surface area contributed by atoms with Crippen LogP contribution in [0.5, 0.6) is 0 Å². The van der Waals surface area contributed by atoms with Crippen molar-refractivity contribution in [2.45, 2.75) is 25.7 Å². The zero-order chi connectivity index (χ0) is 15.6. The third-order valence-electron chi connectivity index (χ3n) is 3.49. The fourth-order valence-electron chi connectivity index (χ4n) is 2.22. The Labute approximate surface area is 125 Å². The van der Waals surface area contributed by atoms with Crippen molar-refractivity contribution in [1.29, 1.82) is 0 Å². The second kappa shape index (κ2) is 6.13. The third kappa shape index (κ3) is 3.42. The van der Waals surface area contributed by atoms with E-state index in [0.717, 1.165) is 11.1 Å². The SMILES string of the molecule is CC(=O)Nc1cc(C)c(C)cc1S(=O)(=O)N1CCOCC1. The van der Waals surface area contributed by atoms with E-state index in [-0.39, 0.29) is 10.8 Å². The molecule has 116 valence electrons. The van der Waals surface area contributed by atoms with E-state index < -0.39 is 10.0 Å². The first-order valence-electron chi connectivity index (χ1n) is 6.79. The van der Waals surface area contributed by atoms with Crippen LogP contribution in [0.4, 0.5) is 5.69 Å². The van der Waals surface area contributed by atoms with Gasteiger partial charge in [0.1, 0.15) is 4.90 Å². The molecule has 0 bridgehead atoms. The number of aryl methyl sites for hydroxylation is 2. The maximum atomic E-state index is 12.8. The Kier molecular flexibility index (Phi) is 4.65. The molecule has 1 N–H and O–H groups in total. The number of hydrogen-bond acceptors (Lipinski definition) is 4. The summed E-state index contributed by atoms with van der Waals surface area (Å²) >= 11 is 0.